The minimum absolute atomic E-state index is 0.183. The first kappa shape index (κ1) is 11.7. The molecule has 1 aliphatic rings. The Bertz CT molecular complexity index is 568. The van der Waals surface area contributed by atoms with Crippen molar-refractivity contribution in [2.75, 3.05) is 0 Å². The molecule has 0 aromatic carbocycles. The molecule has 2 N–H and O–H groups in total. The van der Waals surface area contributed by atoms with Gasteiger partial charge in [-0.05, 0) is 37.8 Å². The number of imidazole rings is 1. The molecule has 0 aliphatic heterocycles. The van der Waals surface area contributed by atoms with Crippen molar-refractivity contribution in [1.29, 1.82) is 0 Å². The molecule has 1 aliphatic carbocycles. The highest BCUT2D eigenvalue weighted by Crippen LogP contribution is 2.40. The van der Waals surface area contributed by atoms with Gasteiger partial charge in [-0.25, -0.2) is 9.97 Å². The summed E-state index contributed by atoms with van der Waals surface area (Å²) in [5, 5.41) is 0. The first-order chi connectivity index (χ1) is 8.69. The maximum atomic E-state index is 6.10. The summed E-state index contributed by atoms with van der Waals surface area (Å²) in [4.78, 5) is 9.31. The van der Waals surface area contributed by atoms with E-state index < -0.39 is 0 Å². The van der Waals surface area contributed by atoms with Crippen molar-refractivity contribution in [1.82, 2.24) is 14.5 Å². The summed E-state index contributed by atoms with van der Waals surface area (Å²) < 4.78 is 2.24. The predicted molar refractivity (Wildman–Crippen MR) is 72.5 cm³/mol. The predicted octanol–water partition coefficient (Wildman–Crippen LogP) is 2.35. The monoisotopic (exact) mass is 244 g/mol. The molecule has 0 bridgehead atoms. The largest absolute Gasteiger partial charge is 0.326 e. The van der Waals surface area contributed by atoms with E-state index in [2.05, 4.69) is 29.5 Å². The number of pyridine rings is 1. The van der Waals surface area contributed by atoms with Gasteiger partial charge in [0.15, 0.2) is 5.65 Å². The van der Waals surface area contributed by atoms with Crippen molar-refractivity contribution >= 4 is 11.2 Å². The lowest BCUT2D eigenvalue weighted by molar-refractivity contribution is 0.530. The SMILES string of the molecule is CCC(N)Cn1c(C2CC2)nc2cc(C)cnc21. The van der Waals surface area contributed by atoms with Crippen LogP contribution >= 0.6 is 0 Å². The van der Waals surface area contributed by atoms with Gasteiger partial charge in [0.2, 0.25) is 0 Å². The van der Waals surface area contributed by atoms with Crippen LogP contribution in [0.3, 0.4) is 0 Å². The van der Waals surface area contributed by atoms with Crippen molar-refractivity contribution in [3.63, 3.8) is 0 Å². The summed E-state index contributed by atoms with van der Waals surface area (Å²) in [5.74, 6) is 1.82. The highest BCUT2D eigenvalue weighted by atomic mass is 15.1. The normalized spacial score (nSPS) is 17.3. The van der Waals surface area contributed by atoms with Crippen LogP contribution in [0.5, 0.6) is 0 Å². The van der Waals surface area contributed by atoms with E-state index in [1.165, 1.54) is 18.7 Å². The molecular weight excluding hydrogens is 224 g/mol. The first-order valence-corrected chi connectivity index (χ1v) is 6.77. The second-order valence-corrected chi connectivity index (χ2v) is 5.38. The van der Waals surface area contributed by atoms with E-state index in [1.807, 2.05) is 6.20 Å². The van der Waals surface area contributed by atoms with Crippen LogP contribution in [0.4, 0.5) is 0 Å². The Morgan fingerprint density at radius 3 is 2.94 bits per heavy atom. The molecule has 18 heavy (non-hydrogen) atoms. The van der Waals surface area contributed by atoms with E-state index in [1.54, 1.807) is 0 Å². The van der Waals surface area contributed by atoms with Crippen LogP contribution in [0.1, 0.15) is 43.5 Å². The first-order valence-electron chi connectivity index (χ1n) is 6.77. The molecule has 1 saturated carbocycles. The van der Waals surface area contributed by atoms with E-state index in [9.17, 15) is 0 Å². The van der Waals surface area contributed by atoms with Gasteiger partial charge in [-0.2, -0.15) is 0 Å². The standard InChI is InChI=1S/C14H20N4/c1-3-11(15)8-18-13(10-4-5-10)17-12-6-9(2)7-16-14(12)18/h6-7,10-11H,3-5,8,15H2,1-2H3. The molecule has 4 heteroatoms. The van der Waals surface area contributed by atoms with E-state index in [0.717, 1.165) is 29.7 Å². The number of nitrogens with zero attached hydrogens (tertiary/aromatic N) is 3. The van der Waals surface area contributed by atoms with Crippen molar-refractivity contribution in [2.24, 2.45) is 5.73 Å². The van der Waals surface area contributed by atoms with Crippen LogP contribution in [0.2, 0.25) is 0 Å². The maximum Gasteiger partial charge on any atom is 0.160 e. The molecule has 0 spiro atoms. The Morgan fingerprint density at radius 2 is 2.28 bits per heavy atom. The van der Waals surface area contributed by atoms with Gasteiger partial charge in [0, 0.05) is 24.7 Å². The third kappa shape index (κ3) is 2.01. The van der Waals surface area contributed by atoms with Gasteiger partial charge in [0.25, 0.3) is 0 Å². The van der Waals surface area contributed by atoms with Crippen molar-refractivity contribution in [3.05, 3.63) is 23.7 Å². The topological polar surface area (TPSA) is 56.7 Å². The molecule has 1 atom stereocenters. The second kappa shape index (κ2) is 4.35. The Balaban J connectivity index is 2.09. The molecule has 2 heterocycles. The smallest absolute Gasteiger partial charge is 0.160 e. The summed E-state index contributed by atoms with van der Waals surface area (Å²) in [6.45, 7) is 5.01. The van der Waals surface area contributed by atoms with E-state index in [-0.39, 0.29) is 6.04 Å². The van der Waals surface area contributed by atoms with Crippen molar-refractivity contribution in [2.45, 2.75) is 51.6 Å². The Kier molecular flexibility index (Phi) is 2.82. The third-order valence-corrected chi connectivity index (χ3v) is 3.64. The fraction of sp³-hybridized carbons (Fsp3) is 0.571. The van der Waals surface area contributed by atoms with E-state index in [0.29, 0.717) is 5.92 Å². The average molecular weight is 244 g/mol. The molecule has 1 unspecified atom stereocenters. The molecule has 3 rings (SSSR count). The number of hydrogen-bond donors (Lipinski definition) is 1. The number of fused-ring (bicyclic) bond motifs is 1. The molecule has 2 aromatic heterocycles. The number of aromatic nitrogens is 3. The molecular formula is C14H20N4. The van der Waals surface area contributed by atoms with Crippen molar-refractivity contribution in [3.8, 4) is 0 Å². The van der Waals surface area contributed by atoms with Crippen LogP contribution in [0.25, 0.3) is 11.2 Å². The van der Waals surface area contributed by atoms with Crippen LogP contribution < -0.4 is 5.73 Å². The summed E-state index contributed by atoms with van der Waals surface area (Å²) in [5.41, 5.74) is 9.27. The van der Waals surface area contributed by atoms with Gasteiger partial charge in [-0.15, -0.1) is 0 Å². The molecule has 0 radical (unpaired) electrons. The second-order valence-electron chi connectivity index (χ2n) is 5.38. The zero-order valence-corrected chi connectivity index (χ0v) is 11.1. The number of aryl methyl sites for hydroxylation is 1. The van der Waals surface area contributed by atoms with Crippen LogP contribution in [-0.2, 0) is 6.54 Å². The molecule has 4 nitrogen and oxygen atoms in total. The average Bonchev–Trinajstić information content (AvgIpc) is 3.14. The van der Waals surface area contributed by atoms with Crippen molar-refractivity contribution < 1.29 is 0 Å². The van der Waals surface area contributed by atoms with E-state index >= 15 is 0 Å². The zero-order valence-electron chi connectivity index (χ0n) is 11.1. The highest BCUT2D eigenvalue weighted by Gasteiger charge is 2.30. The van der Waals surface area contributed by atoms with Gasteiger partial charge >= 0.3 is 0 Å². The van der Waals surface area contributed by atoms with Gasteiger partial charge in [0.05, 0.1) is 0 Å². The number of hydrogen-bond acceptors (Lipinski definition) is 3. The van der Waals surface area contributed by atoms with Gasteiger partial charge in [-0.3, -0.25) is 0 Å². The Labute approximate surface area is 107 Å². The highest BCUT2D eigenvalue weighted by molar-refractivity contribution is 5.72. The zero-order chi connectivity index (χ0) is 12.7. The minimum Gasteiger partial charge on any atom is -0.326 e. The molecule has 0 saturated heterocycles. The van der Waals surface area contributed by atoms with Gasteiger partial charge in [0.1, 0.15) is 11.3 Å². The molecule has 0 amide bonds. The summed E-state index contributed by atoms with van der Waals surface area (Å²) in [6.07, 6.45) is 5.40. The summed E-state index contributed by atoms with van der Waals surface area (Å²) in [6, 6.07) is 2.30. The fourth-order valence-electron chi connectivity index (χ4n) is 2.33. The molecule has 96 valence electrons. The summed E-state index contributed by atoms with van der Waals surface area (Å²) >= 11 is 0. The quantitative estimate of drug-likeness (QED) is 0.898. The summed E-state index contributed by atoms with van der Waals surface area (Å²) in [7, 11) is 0. The third-order valence-electron chi connectivity index (χ3n) is 3.64. The minimum atomic E-state index is 0.183. The lowest BCUT2D eigenvalue weighted by Gasteiger charge is -2.13. The van der Waals surface area contributed by atoms with Crippen LogP contribution in [0, 0.1) is 6.92 Å². The van der Waals surface area contributed by atoms with E-state index in [4.69, 9.17) is 10.7 Å². The number of nitrogens with two attached hydrogens (primary N) is 1. The lowest BCUT2D eigenvalue weighted by Crippen LogP contribution is -2.26. The molecule has 1 fully saturated rings. The van der Waals surface area contributed by atoms with Gasteiger partial charge in [-0.1, -0.05) is 6.92 Å². The fourth-order valence-corrected chi connectivity index (χ4v) is 2.33. The van der Waals surface area contributed by atoms with Crippen LogP contribution in [-0.4, -0.2) is 20.6 Å². The molecule has 2 aromatic rings. The lowest BCUT2D eigenvalue weighted by atomic mass is 10.2. The Hall–Kier alpha value is -1.42. The Morgan fingerprint density at radius 1 is 1.50 bits per heavy atom. The maximum absolute atomic E-state index is 6.10. The van der Waals surface area contributed by atoms with Crippen LogP contribution in [0.15, 0.2) is 12.3 Å². The number of rotatable bonds is 4. The van der Waals surface area contributed by atoms with Gasteiger partial charge < -0.3 is 10.3 Å².